The number of aromatic nitrogens is 4. The van der Waals surface area contributed by atoms with Gasteiger partial charge in [0.2, 0.25) is 0 Å². The Morgan fingerprint density at radius 2 is 1.88 bits per heavy atom. The van der Waals surface area contributed by atoms with E-state index < -0.39 is 18.5 Å². The molecule has 0 saturated carbocycles. The molecule has 0 radical (unpaired) electrons. The molecule has 1 aromatic carbocycles. The summed E-state index contributed by atoms with van der Waals surface area (Å²) >= 11 is 0. The molecular formula is C18H19N5O3. The minimum atomic E-state index is -0.775. The maximum atomic E-state index is 12.1. The maximum absolute atomic E-state index is 12.1. The normalized spacial score (nSPS) is 10.8. The van der Waals surface area contributed by atoms with Gasteiger partial charge in [-0.1, -0.05) is 17.7 Å². The average molecular weight is 353 g/mol. The molecule has 2 heterocycles. The van der Waals surface area contributed by atoms with Gasteiger partial charge in [0.05, 0.1) is 0 Å². The number of aryl methyl sites for hydroxylation is 4. The van der Waals surface area contributed by atoms with E-state index in [1.807, 2.05) is 52.0 Å². The van der Waals surface area contributed by atoms with Crippen LogP contribution in [0.3, 0.4) is 0 Å². The van der Waals surface area contributed by atoms with Crippen LogP contribution in [0.1, 0.15) is 33.1 Å². The molecule has 134 valence electrons. The van der Waals surface area contributed by atoms with Crippen LogP contribution >= 0.6 is 0 Å². The number of benzene rings is 1. The quantitative estimate of drug-likeness (QED) is 0.722. The summed E-state index contributed by atoms with van der Waals surface area (Å²) in [6.45, 7) is 7.11. The Morgan fingerprint density at radius 1 is 1.12 bits per heavy atom. The number of anilines is 1. The Balaban J connectivity index is 1.65. The Labute approximate surface area is 150 Å². The van der Waals surface area contributed by atoms with Crippen LogP contribution in [-0.4, -0.2) is 38.1 Å². The molecule has 8 heteroatoms. The van der Waals surface area contributed by atoms with E-state index in [0.717, 1.165) is 22.5 Å². The fourth-order valence-corrected chi connectivity index (χ4v) is 2.59. The molecule has 26 heavy (non-hydrogen) atoms. The van der Waals surface area contributed by atoms with Gasteiger partial charge >= 0.3 is 5.97 Å². The largest absolute Gasteiger partial charge is 0.450 e. The average Bonchev–Trinajstić information content (AvgIpc) is 2.99. The molecule has 1 amide bonds. The molecule has 0 aliphatic carbocycles. The highest BCUT2D eigenvalue weighted by Crippen LogP contribution is 2.15. The fraction of sp³-hybridized carbons (Fsp3) is 0.278. The SMILES string of the molecule is Cc1ccc(NC(=O)COC(=O)c2nc3nc(C)cc(C)n3n2)c(C)c1. The number of carbonyl (C=O) groups excluding carboxylic acids is 2. The standard InChI is InChI=1S/C18H19N5O3/c1-10-5-6-14(11(2)7-10)20-15(24)9-26-17(25)16-21-18-19-12(3)8-13(4)23(18)22-16/h5-8H,9H2,1-4H3,(H,20,24). The lowest BCUT2D eigenvalue weighted by molar-refractivity contribution is -0.119. The topological polar surface area (TPSA) is 98.5 Å². The van der Waals surface area contributed by atoms with Crippen LogP contribution in [-0.2, 0) is 9.53 Å². The smallest absolute Gasteiger partial charge is 0.378 e. The summed E-state index contributed by atoms with van der Waals surface area (Å²) in [5.74, 6) is -1.03. The zero-order valence-electron chi connectivity index (χ0n) is 15.0. The van der Waals surface area contributed by atoms with Gasteiger partial charge in [0.25, 0.3) is 17.5 Å². The summed E-state index contributed by atoms with van der Waals surface area (Å²) in [7, 11) is 0. The van der Waals surface area contributed by atoms with Crippen LogP contribution in [0, 0.1) is 27.7 Å². The van der Waals surface area contributed by atoms with Crippen molar-refractivity contribution in [2.24, 2.45) is 0 Å². The van der Waals surface area contributed by atoms with Crippen LogP contribution in [0.15, 0.2) is 24.3 Å². The molecular weight excluding hydrogens is 334 g/mol. The molecule has 0 saturated heterocycles. The van der Waals surface area contributed by atoms with E-state index in [9.17, 15) is 9.59 Å². The van der Waals surface area contributed by atoms with Gasteiger partial charge in [-0.15, -0.1) is 5.10 Å². The highest BCUT2D eigenvalue weighted by Gasteiger charge is 2.18. The van der Waals surface area contributed by atoms with Crippen molar-refractivity contribution in [2.45, 2.75) is 27.7 Å². The van der Waals surface area contributed by atoms with Crippen molar-refractivity contribution in [1.29, 1.82) is 0 Å². The highest BCUT2D eigenvalue weighted by atomic mass is 16.5. The third kappa shape index (κ3) is 3.69. The van der Waals surface area contributed by atoms with Crippen molar-refractivity contribution in [3.8, 4) is 0 Å². The van der Waals surface area contributed by atoms with Crippen molar-refractivity contribution in [2.75, 3.05) is 11.9 Å². The van der Waals surface area contributed by atoms with Crippen LogP contribution in [0.2, 0.25) is 0 Å². The van der Waals surface area contributed by atoms with Crippen molar-refractivity contribution < 1.29 is 14.3 Å². The number of carbonyl (C=O) groups is 2. The number of amides is 1. The van der Waals surface area contributed by atoms with E-state index in [1.54, 1.807) is 0 Å². The number of fused-ring (bicyclic) bond motifs is 1. The molecule has 2 aromatic heterocycles. The van der Waals surface area contributed by atoms with Gasteiger partial charge in [0.1, 0.15) is 0 Å². The summed E-state index contributed by atoms with van der Waals surface area (Å²) < 4.78 is 6.47. The van der Waals surface area contributed by atoms with Gasteiger partial charge in [-0.05, 0) is 45.4 Å². The molecule has 1 N–H and O–H groups in total. The minimum absolute atomic E-state index is 0.134. The lowest BCUT2D eigenvalue weighted by atomic mass is 10.1. The second kappa shape index (κ2) is 6.91. The van der Waals surface area contributed by atoms with E-state index in [2.05, 4.69) is 20.4 Å². The Hall–Kier alpha value is -3.29. The van der Waals surface area contributed by atoms with Crippen molar-refractivity contribution >= 4 is 23.3 Å². The summed E-state index contributed by atoms with van der Waals surface area (Å²) in [6, 6.07) is 7.49. The number of nitrogens with zero attached hydrogens (tertiary/aromatic N) is 4. The summed E-state index contributed by atoms with van der Waals surface area (Å²) in [6.07, 6.45) is 0. The second-order valence-electron chi connectivity index (χ2n) is 6.13. The monoisotopic (exact) mass is 353 g/mol. The fourth-order valence-electron chi connectivity index (χ4n) is 2.59. The number of hydrogen-bond donors (Lipinski definition) is 1. The zero-order valence-corrected chi connectivity index (χ0v) is 15.0. The van der Waals surface area contributed by atoms with Gasteiger partial charge in [0.15, 0.2) is 6.61 Å². The molecule has 3 aromatic rings. The molecule has 0 unspecified atom stereocenters. The van der Waals surface area contributed by atoms with Crippen molar-refractivity contribution in [3.05, 3.63) is 52.6 Å². The molecule has 8 nitrogen and oxygen atoms in total. The molecule has 0 fully saturated rings. The van der Waals surface area contributed by atoms with E-state index in [-0.39, 0.29) is 5.82 Å². The van der Waals surface area contributed by atoms with Crippen molar-refractivity contribution in [3.63, 3.8) is 0 Å². The number of esters is 1. The highest BCUT2D eigenvalue weighted by molar-refractivity contribution is 5.95. The van der Waals surface area contributed by atoms with Crippen LogP contribution in [0.5, 0.6) is 0 Å². The first kappa shape index (κ1) is 17.5. The second-order valence-corrected chi connectivity index (χ2v) is 6.13. The predicted molar refractivity (Wildman–Crippen MR) is 95.1 cm³/mol. The first-order chi connectivity index (χ1) is 12.3. The van der Waals surface area contributed by atoms with E-state index in [1.165, 1.54) is 4.52 Å². The van der Waals surface area contributed by atoms with E-state index in [0.29, 0.717) is 11.5 Å². The molecule has 0 spiro atoms. The molecule has 0 atom stereocenters. The molecule has 3 rings (SSSR count). The van der Waals surface area contributed by atoms with Crippen molar-refractivity contribution in [1.82, 2.24) is 19.6 Å². The summed E-state index contributed by atoms with van der Waals surface area (Å²) in [5.41, 5.74) is 4.28. The summed E-state index contributed by atoms with van der Waals surface area (Å²) in [4.78, 5) is 32.4. The predicted octanol–water partition coefficient (Wildman–Crippen LogP) is 2.15. The van der Waals surface area contributed by atoms with E-state index in [4.69, 9.17) is 4.74 Å². The minimum Gasteiger partial charge on any atom is -0.450 e. The van der Waals surface area contributed by atoms with Crippen LogP contribution in [0.4, 0.5) is 5.69 Å². The van der Waals surface area contributed by atoms with Gasteiger partial charge in [-0.3, -0.25) is 4.79 Å². The zero-order chi connectivity index (χ0) is 18.8. The number of ether oxygens (including phenoxy) is 1. The first-order valence-electron chi connectivity index (χ1n) is 8.09. The third-order valence-electron chi connectivity index (χ3n) is 3.79. The third-order valence-corrected chi connectivity index (χ3v) is 3.79. The van der Waals surface area contributed by atoms with Crippen LogP contribution < -0.4 is 5.32 Å². The number of hydrogen-bond acceptors (Lipinski definition) is 6. The Bertz CT molecular complexity index is 1010. The van der Waals surface area contributed by atoms with Gasteiger partial charge in [0, 0.05) is 17.1 Å². The lowest BCUT2D eigenvalue weighted by Gasteiger charge is -2.09. The van der Waals surface area contributed by atoms with Gasteiger partial charge in [-0.25, -0.2) is 14.3 Å². The first-order valence-corrected chi connectivity index (χ1v) is 8.09. The number of nitrogens with one attached hydrogen (secondary N) is 1. The maximum Gasteiger partial charge on any atom is 0.378 e. The number of rotatable bonds is 4. The van der Waals surface area contributed by atoms with Crippen LogP contribution in [0.25, 0.3) is 5.78 Å². The molecule has 0 bridgehead atoms. The molecule has 0 aliphatic rings. The lowest BCUT2D eigenvalue weighted by Crippen LogP contribution is -2.21. The van der Waals surface area contributed by atoms with Gasteiger partial charge < -0.3 is 10.1 Å². The summed E-state index contributed by atoms with van der Waals surface area (Å²) in [5, 5.41) is 6.79. The van der Waals surface area contributed by atoms with E-state index >= 15 is 0 Å². The molecule has 0 aliphatic heterocycles. The Kier molecular flexibility index (Phi) is 4.66. The van der Waals surface area contributed by atoms with Gasteiger partial charge in [-0.2, -0.15) is 4.98 Å². The Morgan fingerprint density at radius 3 is 2.62 bits per heavy atom.